The van der Waals surface area contributed by atoms with Crippen molar-refractivity contribution < 1.29 is 19.6 Å². The van der Waals surface area contributed by atoms with E-state index >= 15 is 0 Å². The fourth-order valence-corrected chi connectivity index (χ4v) is 2.04. The molecule has 2 rings (SSSR count). The van der Waals surface area contributed by atoms with Gasteiger partial charge in [-0.25, -0.2) is 4.79 Å². The lowest BCUT2D eigenvalue weighted by Gasteiger charge is -2.21. The van der Waals surface area contributed by atoms with Crippen molar-refractivity contribution in [3.05, 3.63) is 33.9 Å². The predicted octanol–water partition coefficient (Wildman–Crippen LogP) is 1.98. The minimum atomic E-state index is -1.09. The maximum Gasteiger partial charge on any atom is 0.323 e. The standard InChI is InChI=1S/C13H15N3O5/c1-8-10(3-2-4-11(8)16(20)21)14-13(19)15(7-12(17)18)9-5-6-9/h2-4,9H,5-7H2,1H3,(H,14,19)(H,17,18). The second-order valence-electron chi connectivity index (χ2n) is 4.89. The summed E-state index contributed by atoms with van der Waals surface area (Å²) in [6.07, 6.45) is 1.54. The molecule has 0 heterocycles. The Bertz CT molecular complexity index is 597. The molecule has 1 aliphatic rings. The fraction of sp³-hybridized carbons (Fsp3) is 0.385. The van der Waals surface area contributed by atoms with Crippen LogP contribution < -0.4 is 5.32 Å². The molecule has 1 saturated carbocycles. The van der Waals surface area contributed by atoms with Gasteiger partial charge in [-0.1, -0.05) is 6.07 Å². The summed E-state index contributed by atoms with van der Waals surface area (Å²) in [5.41, 5.74) is 0.552. The molecule has 0 saturated heterocycles. The molecule has 1 fully saturated rings. The zero-order valence-corrected chi connectivity index (χ0v) is 11.4. The summed E-state index contributed by atoms with van der Waals surface area (Å²) in [5.74, 6) is -1.09. The molecule has 21 heavy (non-hydrogen) atoms. The molecule has 0 unspecified atom stereocenters. The van der Waals surface area contributed by atoms with Gasteiger partial charge in [0.15, 0.2) is 0 Å². The second-order valence-corrected chi connectivity index (χ2v) is 4.89. The smallest absolute Gasteiger partial charge is 0.323 e. The number of aliphatic carboxylic acids is 1. The van der Waals surface area contributed by atoms with Crippen molar-refractivity contribution in [3.8, 4) is 0 Å². The van der Waals surface area contributed by atoms with Crippen LogP contribution in [0.1, 0.15) is 18.4 Å². The summed E-state index contributed by atoms with van der Waals surface area (Å²) in [6, 6.07) is 3.75. The third kappa shape index (κ3) is 3.47. The third-order valence-electron chi connectivity index (χ3n) is 3.30. The van der Waals surface area contributed by atoms with Crippen LogP contribution >= 0.6 is 0 Å². The van der Waals surface area contributed by atoms with E-state index in [0.717, 1.165) is 12.8 Å². The van der Waals surface area contributed by atoms with E-state index in [1.165, 1.54) is 24.0 Å². The van der Waals surface area contributed by atoms with Gasteiger partial charge in [-0.2, -0.15) is 0 Å². The summed E-state index contributed by atoms with van der Waals surface area (Å²) in [6.45, 7) is 1.15. The Morgan fingerprint density at radius 1 is 1.48 bits per heavy atom. The van der Waals surface area contributed by atoms with Crippen molar-refractivity contribution >= 4 is 23.4 Å². The minimum Gasteiger partial charge on any atom is -0.480 e. The van der Waals surface area contributed by atoms with Crippen LogP contribution in [-0.4, -0.2) is 39.5 Å². The lowest BCUT2D eigenvalue weighted by atomic mass is 10.1. The molecule has 1 aromatic rings. The number of carbonyl (C=O) groups is 2. The predicted molar refractivity (Wildman–Crippen MR) is 74.2 cm³/mol. The quantitative estimate of drug-likeness (QED) is 0.636. The van der Waals surface area contributed by atoms with E-state index < -0.39 is 16.9 Å². The number of nitro groups is 1. The number of carboxylic acids is 1. The lowest BCUT2D eigenvalue weighted by molar-refractivity contribution is -0.385. The van der Waals surface area contributed by atoms with Gasteiger partial charge in [0, 0.05) is 12.1 Å². The van der Waals surface area contributed by atoms with E-state index in [4.69, 9.17) is 5.11 Å². The molecule has 1 aliphatic carbocycles. The molecule has 0 atom stereocenters. The highest BCUT2D eigenvalue weighted by Gasteiger charge is 2.34. The first-order chi connectivity index (χ1) is 9.90. The molecule has 2 amide bonds. The number of nitrogens with zero attached hydrogens (tertiary/aromatic N) is 2. The van der Waals surface area contributed by atoms with Crippen LogP contribution in [0.3, 0.4) is 0 Å². The van der Waals surface area contributed by atoms with Crippen LogP contribution in [0.25, 0.3) is 0 Å². The third-order valence-corrected chi connectivity index (χ3v) is 3.30. The van der Waals surface area contributed by atoms with E-state index in [0.29, 0.717) is 11.3 Å². The van der Waals surface area contributed by atoms with Crippen LogP contribution in [0.5, 0.6) is 0 Å². The van der Waals surface area contributed by atoms with E-state index in [-0.39, 0.29) is 18.3 Å². The van der Waals surface area contributed by atoms with Crippen molar-refractivity contribution in [2.24, 2.45) is 0 Å². The van der Waals surface area contributed by atoms with Crippen LogP contribution in [0, 0.1) is 17.0 Å². The molecular weight excluding hydrogens is 278 g/mol. The number of nitro benzene ring substituents is 1. The molecule has 0 aliphatic heterocycles. The number of hydrogen-bond donors (Lipinski definition) is 2. The maximum absolute atomic E-state index is 12.1. The van der Waals surface area contributed by atoms with Crippen molar-refractivity contribution in [3.63, 3.8) is 0 Å². The van der Waals surface area contributed by atoms with Crippen molar-refractivity contribution in [1.29, 1.82) is 0 Å². The van der Waals surface area contributed by atoms with Gasteiger partial charge in [-0.05, 0) is 25.8 Å². The van der Waals surface area contributed by atoms with Crippen LogP contribution in [0.15, 0.2) is 18.2 Å². The zero-order chi connectivity index (χ0) is 15.6. The number of nitrogens with one attached hydrogen (secondary N) is 1. The van der Waals surface area contributed by atoms with Crippen molar-refractivity contribution in [2.75, 3.05) is 11.9 Å². The molecule has 0 radical (unpaired) electrons. The largest absolute Gasteiger partial charge is 0.480 e. The van der Waals surface area contributed by atoms with Crippen LogP contribution in [0.4, 0.5) is 16.2 Å². The van der Waals surface area contributed by atoms with Gasteiger partial charge < -0.3 is 15.3 Å². The summed E-state index contributed by atoms with van der Waals surface area (Å²) >= 11 is 0. The molecule has 8 nitrogen and oxygen atoms in total. The molecule has 1 aromatic carbocycles. The van der Waals surface area contributed by atoms with E-state index in [9.17, 15) is 19.7 Å². The molecule has 0 aromatic heterocycles. The van der Waals surface area contributed by atoms with Crippen LogP contribution in [-0.2, 0) is 4.79 Å². The number of carboxylic acid groups (broad SMARTS) is 1. The molecule has 8 heteroatoms. The summed E-state index contributed by atoms with van der Waals surface area (Å²) in [7, 11) is 0. The molecular formula is C13H15N3O5. The number of urea groups is 1. The number of amides is 2. The number of anilines is 1. The first kappa shape index (κ1) is 14.8. The lowest BCUT2D eigenvalue weighted by Crippen LogP contribution is -2.40. The monoisotopic (exact) mass is 293 g/mol. The Kier molecular flexibility index (Phi) is 4.06. The van der Waals surface area contributed by atoms with Gasteiger partial charge in [0.05, 0.1) is 16.2 Å². The Balaban J connectivity index is 2.16. The molecule has 112 valence electrons. The van der Waals surface area contributed by atoms with Crippen LogP contribution in [0.2, 0.25) is 0 Å². The van der Waals surface area contributed by atoms with Gasteiger partial charge >= 0.3 is 12.0 Å². The van der Waals surface area contributed by atoms with E-state index in [1.807, 2.05) is 0 Å². The Morgan fingerprint density at radius 2 is 2.14 bits per heavy atom. The first-order valence-electron chi connectivity index (χ1n) is 6.43. The first-order valence-corrected chi connectivity index (χ1v) is 6.43. The highest BCUT2D eigenvalue weighted by atomic mass is 16.6. The van der Waals surface area contributed by atoms with Gasteiger partial charge in [0.25, 0.3) is 5.69 Å². The van der Waals surface area contributed by atoms with Gasteiger partial charge in [0.1, 0.15) is 6.54 Å². The highest BCUT2D eigenvalue weighted by Crippen LogP contribution is 2.29. The highest BCUT2D eigenvalue weighted by molar-refractivity contribution is 5.93. The maximum atomic E-state index is 12.1. The average Bonchev–Trinajstić information content (AvgIpc) is 3.22. The Hall–Kier alpha value is -2.64. The molecule has 2 N–H and O–H groups in total. The minimum absolute atomic E-state index is 0.0693. The summed E-state index contributed by atoms with van der Waals surface area (Å²) in [4.78, 5) is 34.5. The van der Waals surface area contributed by atoms with Gasteiger partial charge in [-0.15, -0.1) is 0 Å². The second kappa shape index (κ2) is 5.78. The van der Waals surface area contributed by atoms with E-state index in [2.05, 4.69) is 5.32 Å². The number of rotatable bonds is 5. The molecule has 0 bridgehead atoms. The van der Waals surface area contributed by atoms with Gasteiger partial charge in [-0.3, -0.25) is 14.9 Å². The van der Waals surface area contributed by atoms with Crippen molar-refractivity contribution in [1.82, 2.24) is 4.90 Å². The number of hydrogen-bond acceptors (Lipinski definition) is 4. The van der Waals surface area contributed by atoms with E-state index in [1.54, 1.807) is 6.07 Å². The molecule has 0 spiro atoms. The Morgan fingerprint density at radius 3 is 2.67 bits per heavy atom. The number of benzene rings is 1. The Labute approximate surface area is 120 Å². The zero-order valence-electron chi connectivity index (χ0n) is 11.4. The normalized spacial score (nSPS) is 13.6. The van der Waals surface area contributed by atoms with Crippen molar-refractivity contribution in [2.45, 2.75) is 25.8 Å². The topological polar surface area (TPSA) is 113 Å². The SMILES string of the molecule is Cc1c(NC(=O)N(CC(=O)O)C2CC2)cccc1[N+](=O)[O-]. The fourth-order valence-electron chi connectivity index (χ4n) is 2.04. The number of carbonyl (C=O) groups excluding carboxylic acids is 1. The summed E-state index contributed by atoms with van der Waals surface area (Å²) in [5, 5.41) is 22.2. The summed E-state index contributed by atoms with van der Waals surface area (Å²) < 4.78 is 0. The van der Waals surface area contributed by atoms with Gasteiger partial charge in [0.2, 0.25) is 0 Å². The average molecular weight is 293 g/mol.